The van der Waals surface area contributed by atoms with Crippen LogP contribution < -0.4 is 15.3 Å². The molecular formula is C25H23F3N6O2. The standard InChI is InChI=1S/C25H23F3N6O2/c26-25(27,28)19-5-6-22(30-15-19)33-13-11-32(12-14-33)21-7-9-29-23-20(21)8-10-34(23)16-17-1-3-18(4-2-17)24(35)31-36/h1-10,15,36H,11-14,16H2,(H,31,35). The maximum Gasteiger partial charge on any atom is 0.417 e. The molecule has 36 heavy (non-hydrogen) atoms. The Hall–Kier alpha value is -4.12. The van der Waals surface area contributed by atoms with Crippen molar-refractivity contribution in [2.75, 3.05) is 36.0 Å². The molecule has 4 aromatic rings. The lowest BCUT2D eigenvalue weighted by molar-refractivity contribution is -0.137. The second-order valence-corrected chi connectivity index (χ2v) is 8.53. The third-order valence-corrected chi connectivity index (χ3v) is 6.33. The van der Waals surface area contributed by atoms with Gasteiger partial charge < -0.3 is 14.4 Å². The van der Waals surface area contributed by atoms with Crippen LogP contribution >= 0.6 is 0 Å². The molecule has 0 bridgehead atoms. The van der Waals surface area contributed by atoms with E-state index in [0.717, 1.165) is 34.5 Å². The molecule has 0 saturated carbocycles. The SMILES string of the molecule is O=C(NO)c1ccc(Cn2ccc3c(N4CCN(c5ccc(C(F)(F)F)cn5)CC4)ccnc32)cc1. The third kappa shape index (κ3) is 4.69. The van der Waals surface area contributed by atoms with Gasteiger partial charge in [0.25, 0.3) is 5.91 Å². The summed E-state index contributed by atoms with van der Waals surface area (Å²) in [5, 5.41) is 9.78. The van der Waals surface area contributed by atoms with Crippen LogP contribution in [0.25, 0.3) is 11.0 Å². The van der Waals surface area contributed by atoms with Gasteiger partial charge in [0.1, 0.15) is 11.5 Å². The van der Waals surface area contributed by atoms with Crippen LogP contribution in [-0.2, 0) is 12.7 Å². The Morgan fingerprint density at radius 2 is 1.67 bits per heavy atom. The number of hydroxylamine groups is 1. The van der Waals surface area contributed by atoms with Gasteiger partial charge in [0.2, 0.25) is 0 Å². The number of rotatable bonds is 5. The Morgan fingerprint density at radius 1 is 0.944 bits per heavy atom. The van der Waals surface area contributed by atoms with E-state index in [2.05, 4.69) is 14.9 Å². The van der Waals surface area contributed by atoms with Crippen molar-refractivity contribution in [2.24, 2.45) is 0 Å². The average molecular weight is 496 g/mol. The summed E-state index contributed by atoms with van der Waals surface area (Å²) in [6.45, 7) is 3.23. The number of carbonyl (C=O) groups excluding carboxylic acids is 1. The average Bonchev–Trinajstić information content (AvgIpc) is 3.31. The molecule has 3 aromatic heterocycles. The highest BCUT2D eigenvalue weighted by atomic mass is 19.4. The molecule has 1 aliphatic heterocycles. The Balaban J connectivity index is 1.29. The van der Waals surface area contributed by atoms with E-state index in [9.17, 15) is 18.0 Å². The number of hydrogen-bond donors (Lipinski definition) is 2. The molecule has 11 heteroatoms. The zero-order valence-corrected chi connectivity index (χ0v) is 19.1. The van der Waals surface area contributed by atoms with E-state index in [0.29, 0.717) is 44.1 Å². The summed E-state index contributed by atoms with van der Waals surface area (Å²) in [4.78, 5) is 24.3. The Kier molecular flexibility index (Phi) is 6.23. The van der Waals surface area contributed by atoms with Crippen LogP contribution in [0.2, 0.25) is 0 Å². The number of aromatic nitrogens is 3. The Labute approximate surface area is 204 Å². The molecule has 1 saturated heterocycles. The van der Waals surface area contributed by atoms with Gasteiger partial charge in [-0.2, -0.15) is 13.2 Å². The number of alkyl halides is 3. The van der Waals surface area contributed by atoms with Crippen LogP contribution in [-0.4, -0.2) is 51.8 Å². The van der Waals surface area contributed by atoms with E-state index in [1.165, 1.54) is 6.07 Å². The monoisotopic (exact) mass is 496 g/mol. The second kappa shape index (κ2) is 9.50. The summed E-state index contributed by atoms with van der Waals surface area (Å²) in [6.07, 6.45) is 0.226. The van der Waals surface area contributed by atoms with Crippen LogP contribution in [0.5, 0.6) is 0 Å². The Morgan fingerprint density at radius 3 is 2.31 bits per heavy atom. The number of nitrogens with one attached hydrogen (secondary N) is 1. The van der Waals surface area contributed by atoms with Gasteiger partial charge in [-0.3, -0.25) is 10.0 Å². The van der Waals surface area contributed by atoms with Crippen LogP contribution in [0, 0.1) is 0 Å². The lowest BCUT2D eigenvalue weighted by Gasteiger charge is -2.37. The van der Waals surface area contributed by atoms with E-state index >= 15 is 0 Å². The lowest BCUT2D eigenvalue weighted by atomic mass is 10.1. The van der Waals surface area contributed by atoms with Crippen LogP contribution in [0.1, 0.15) is 21.5 Å². The van der Waals surface area contributed by atoms with E-state index in [1.807, 2.05) is 39.9 Å². The number of amides is 1. The molecule has 5 rings (SSSR count). The van der Waals surface area contributed by atoms with Gasteiger partial charge in [0.05, 0.1) is 5.56 Å². The first-order valence-electron chi connectivity index (χ1n) is 11.3. The zero-order chi connectivity index (χ0) is 25.3. The molecule has 0 spiro atoms. The van der Waals surface area contributed by atoms with Gasteiger partial charge in [-0.25, -0.2) is 15.4 Å². The van der Waals surface area contributed by atoms with E-state index in [1.54, 1.807) is 23.8 Å². The molecule has 1 aromatic carbocycles. The second-order valence-electron chi connectivity index (χ2n) is 8.53. The zero-order valence-electron chi connectivity index (χ0n) is 19.1. The molecule has 0 unspecified atom stereocenters. The van der Waals surface area contributed by atoms with Gasteiger partial charge in [-0.15, -0.1) is 0 Å². The van der Waals surface area contributed by atoms with Gasteiger partial charge >= 0.3 is 6.18 Å². The van der Waals surface area contributed by atoms with Gasteiger partial charge in [-0.1, -0.05) is 12.1 Å². The minimum Gasteiger partial charge on any atom is -0.367 e. The van der Waals surface area contributed by atoms with Crippen molar-refractivity contribution in [1.82, 2.24) is 20.0 Å². The minimum absolute atomic E-state index is 0.365. The number of hydrogen-bond acceptors (Lipinski definition) is 6. The highest BCUT2D eigenvalue weighted by Crippen LogP contribution is 2.31. The van der Waals surface area contributed by atoms with Gasteiger partial charge in [0.15, 0.2) is 0 Å². The summed E-state index contributed by atoms with van der Waals surface area (Å²) in [6, 6.07) is 13.4. The Bertz CT molecular complexity index is 1360. The largest absolute Gasteiger partial charge is 0.417 e. The van der Waals surface area contributed by atoms with Crippen LogP contribution in [0.15, 0.2) is 67.1 Å². The number of halogens is 3. The smallest absolute Gasteiger partial charge is 0.367 e. The predicted molar refractivity (Wildman–Crippen MR) is 128 cm³/mol. The fourth-order valence-electron chi connectivity index (χ4n) is 4.42. The molecule has 1 fully saturated rings. The van der Waals surface area contributed by atoms with Crippen molar-refractivity contribution in [3.05, 3.63) is 83.8 Å². The van der Waals surface area contributed by atoms with Crippen LogP contribution in [0.4, 0.5) is 24.7 Å². The fourth-order valence-corrected chi connectivity index (χ4v) is 4.42. The van der Waals surface area contributed by atoms with Crippen LogP contribution in [0.3, 0.4) is 0 Å². The van der Waals surface area contributed by atoms with Crippen molar-refractivity contribution in [3.8, 4) is 0 Å². The molecule has 0 aliphatic carbocycles. The lowest BCUT2D eigenvalue weighted by Crippen LogP contribution is -2.46. The first kappa shape index (κ1) is 23.6. The van der Waals surface area contributed by atoms with Crippen molar-refractivity contribution in [1.29, 1.82) is 0 Å². The third-order valence-electron chi connectivity index (χ3n) is 6.33. The van der Waals surface area contributed by atoms with Gasteiger partial charge in [0, 0.05) is 68.0 Å². The maximum absolute atomic E-state index is 12.8. The van der Waals surface area contributed by atoms with Crippen molar-refractivity contribution in [3.63, 3.8) is 0 Å². The van der Waals surface area contributed by atoms with Crippen molar-refractivity contribution < 1.29 is 23.2 Å². The van der Waals surface area contributed by atoms with Crippen molar-refractivity contribution in [2.45, 2.75) is 12.7 Å². The summed E-state index contributed by atoms with van der Waals surface area (Å²) in [7, 11) is 0. The highest BCUT2D eigenvalue weighted by molar-refractivity contribution is 5.93. The molecule has 8 nitrogen and oxygen atoms in total. The molecule has 1 aliphatic rings. The number of fused-ring (bicyclic) bond motifs is 1. The fraction of sp³-hybridized carbons (Fsp3) is 0.240. The number of benzene rings is 1. The quantitative estimate of drug-likeness (QED) is 0.322. The minimum atomic E-state index is -4.40. The van der Waals surface area contributed by atoms with E-state index in [4.69, 9.17) is 5.21 Å². The molecular weight excluding hydrogens is 473 g/mol. The number of pyridine rings is 2. The number of piperazine rings is 1. The molecule has 0 radical (unpaired) electrons. The topological polar surface area (TPSA) is 86.5 Å². The molecule has 2 N–H and O–H groups in total. The molecule has 4 heterocycles. The summed E-state index contributed by atoms with van der Waals surface area (Å²) in [5.74, 6) is -0.0235. The number of nitrogens with zero attached hydrogens (tertiary/aromatic N) is 5. The first-order valence-corrected chi connectivity index (χ1v) is 11.3. The van der Waals surface area contributed by atoms with E-state index < -0.39 is 17.6 Å². The van der Waals surface area contributed by atoms with Gasteiger partial charge in [-0.05, 0) is 42.0 Å². The highest BCUT2D eigenvalue weighted by Gasteiger charge is 2.31. The maximum atomic E-state index is 12.8. The summed E-state index contributed by atoms with van der Waals surface area (Å²) < 4.78 is 40.5. The summed E-state index contributed by atoms with van der Waals surface area (Å²) in [5.41, 5.74) is 4.10. The molecule has 186 valence electrons. The molecule has 1 amide bonds. The molecule has 0 atom stereocenters. The van der Waals surface area contributed by atoms with E-state index in [-0.39, 0.29) is 0 Å². The first-order chi connectivity index (χ1) is 17.3. The van der Waals surface area contributed by atoms with Crippen molar-refractivity contribution >= 4 is 28.4 Å². The number of carbonyl (C=O) groups is 1. The number of anilines is 2. The normalized spacial score (nSPS) is 14.3. The summed E-state index contributed by atoms with van der Waals surface area (Å²) >= 11 is 0. The predicted octanol–water partition coefficient (Wildman–Crippen LogP) is 3.94.